The highest BCUT2D eigenvalue weighted by atomic mass is 16.3. The molecule has 2 aliphatic rings. The lowest BCUT2D eigenvalue weighted by molar-refractivity contribution is 0.662. The second-order valence-electron chi connectivity index (χ2n) is 13.8. The molecular weight excluding hydrogens is 585 g/mol. The third kappa shape index (κ3) is 3.23. The van der Waals surface area contributed by atoms with Gasteiger partial charge in [0.25, 0.3) is 0 Å². The van der Waals surface area contributed by atoms with Crippen molar-refractivity contribution >= 4 is 55.1 Å². The predicted octanol–water partition coefficient (Wildman–Crippen LogP) is 12.4. The lowest BCUT2D eigenvalue weighted by Crippen LogP contribution is -2.16. The van der Waals surface area contributed by atoms with Crippen LogP contribution in [0.4, 0.5) is 11.4 Å². The van der Waals surface area contributed by atoms with E-state index >= 15 is 0 Å². The molecule has 0 bridgehead atoms. The zero-order chi connectivity index (χ0) is 31.7. The van der Waals surface area contributed by atoms with Gasteiger partial charge < -0.3 is 14.3 Å². The van der Waals surface area contributed by atoms with Gasteiger partial charge in [-0.3, -0.25) is 0 Å². The maximum absolute atomic E-state index is 6.14. The summed E-state index contributed by atoms with van der Waals surface area (Å²) in [7, 11) is 0. The Morgan fingerprint density at radius 2 is 1.31 bits per heavy atom. The number of anilines is 2. The molecule has 2 aromatic heterocycles. The SMILES string of the molecule is CC1(C)c2ccc3c4ccccc4n4c3c2-c2c(ccc(-c3ccc(Nc5cccc6oc7ccccc7c56)cc3)c21)-c1ccccc1-4. The molecule has 1 aliphatic heterocycles. The summed E-state index contributed by atoms with van der Waals surface area (Å²) >= 11 is 0. The summed E-state index contributed by atoms with van der Waals surface area (Å²) in [6.07, 6.45) is 0. The number of fused-ring (bicyclic) bond motifs is 9. The van der Waals surface area contributed by atoms with Gasteiger partial charge in [-0.1, -0.05) is 111 Å². The Kier molecular flexibility index (Phi) is 4.91. The smallest absolute Gasteiger partial charge is 0.137 e. The molecule has 0 saturated heterocycles. The highest BCUT2D eigenvalue weighted by Crippen LogP contribution is 2.60. The number of furan rings is 1. The number of para-hydroxylation sites is 3. The molecule has 0 unspecified atom stereocenters. The normalized spacial score (nSPS) is 13.8. The number of nitrogens with zero attached hydrogens (tertiary/aromatic N) is 1. The first-order valence-corrected chi connectivity index (χ1v) is 16.7. The number of benzene rings is 7. The number of rotatable bonds is 3. The Balaban J connectivity index is 1.11. The number of hydrogen-bond donors (Lipinski definition) is 1. The number of hydrogen-bond acceptors (Lipinski definition) is 2. The lowest BCUT2D eigenvalue weighted by atomic mass is 9.77. The van der Waals surface area contributed by atoms with Gasteiger partial charge in [0.15, 0.2) is 0 Å². The van der Waals surface area contributed by atoms with Gasteiger partial charge >= 0.3 is 0 Å². The van der Waals surface area contributed by atoms with Crippen molar-refractivity contribution in [3.8, 4) is 39.1 Å². The second kappa shape index (κ2) is 9.05. The standard InChI is InChI=1S/C45H30N2O/c1-45(2)34-25-24-32-30-11-4-7-15-37(30)47-36-14-6-3-10-29(36)31-23-22-28(43(45)41(31)42(34)44(32)47)26-18-20-27(21-19-26)46-35-13-9-17-39-40(35)33-12-5-8-16-38(33)48-39/h3-25,46H,1-2H3. The zero-order valence-corrected chi connectivity index (χ0v) is 26.6. The fourth-order valence-electron chi connectivity index (χ4n) is 8.86. The second-order valence-corrected chi connectivity index (χ2v) is 13.8. The quantitative estimate of drug-likeness (QED) is 0.215. The number of nitrogens with one attached hydrogen (secondary N) is 1. The van der Waals surface area contributed by atoms with Crippen LogP contribution in [0, 0.1) is 0 Å². The topological polar surface area (TPSA) is 30.1 Å². The van der Waals surface area contributed by atoms with Gasteiger partial charge in [0.1, 0.15) is 11.2 Å². The highest BCUT2D eigenvalue weighted by Gasteiger charge is 2.42. The molecule has 0 amide bonds. The summed E-state index contributed by atoms with van der Waals surface area (Å²) in [5, 5.41) is 8.55. The molecule has 1 N–H and O–H groups in total. The number of aromatic nitrogens is 1. The molecule has 11 rings (SSSR count). The first kappa shape index (κ1) is 26.1. The van der Waals surface area contributed by atoms with E-state index < -0.39 is 0 Å². The average molecular weight is 615 g/mol. The molecule has 3 heterocycles. The molecule has 1 aliphatic carbocycles. The maximum Gasteiger partial charge on any atom is 0.137 e. The van der Waals surface area contributed by atoms with Crippen molar-refractivity contribution in [2.75, 3.05) is 5.32 Å². The summed E-state index contributed by atoms with van der Waals surface area (Å²) in [5.41, 5.74) is 18.2. The molecule has 226 valence electrons. The first-order valence-electron chi connectivity index (χ1n) is 16.7. The monoisotopic (exact) mass is 614 g/mol. The minimum Gasteiger partial charge on any atom is -0.456 e. The van der Waals surface area contributed by atoms with Crippen LogP contribution in [0.5, 0.6) is 0 Å². The minimum atomic E-state index is -0.174. The van der Waals surface area contributed by atoms with E-state index in [4.69, 9.17) is 4.42 Å². The molecule has 0 spiro atoms. The van der Waals surface area contributed by atoms with Gasteiger partial charge in [-0.15, -0.1) is 0 Å². The Morgan fingerprint density at radius 3 is 2.21 bits per heavy atom. The molecule has 0 saturated carbocycles. The van der Waals surface area contributed by atoms with Gasteiger partial charge in [0.05, 0.1) is 27.8 Å². The Morgan fingerprint density at radius 1 is 0.562 bits per heavy atom. The van der Waals surface area contributed by atoms with Crippen molar-refractivity contribution in [3.63, 3.8) is 0 Å². The van der Waals surface area contributed by atoms with Crippen LogP contribution in [0.1, 0.15) is 25.0 Å². The lowest BCUT2D eigenvalue weighted by Gasteiger charge is -2.26. The molecule has 3 heteroatoms. The largest absolute Gasteiger partial charge is 0.456 e. The fraction of sp³-hybridized carbons (Fsp3) is 0.0667. The zero-order valence-electron chi connectivity index (χ0n) is 26.6. The first-order chi connectivity index (χ1) is 23.6. The van der Waals surface area contributed by atoms with Crippen LogP contribution in [-0.2, 0) is 5.41 Å². The highest BCUT2D eigenvalue weighted by molar-refractivity contribution is 6.19. The average Bonchev–Trinajstić information content (AvgIpc) is 3.72. The van der Waals surface area contributed by atoms with E-state index in [0.717, 1.165) is 33.3 Å². The van der Waals surface area contributed by atoms with Gasteiger partial charge in [-0.25, -0.2) is 0 Å². The van der Waals surface area contributed by atoms with E-state index in [0.29, 0.717) is 0 Å². The van der Waals surface area contributed by atoms with Crippen molar-refractivity contribution in [1.29, 1.82) is 0 Å². The third-order valence-corrected chi connectivity index (χ3v) is 10.9. The van der Waals surface area contributed by atoms with Crippen molar-refractivity contribution in [2.24, 2.45) is 0 Å². The van der Waals surface area contributed by atoms with E-state index in [-0.39, 0.29) is 5.41 Å². The van der Waals surface area contributed by atoms with Crippen LogP contribution >= 0.6 is 0 Å². The Labute approximate surface area is 277 Å². The summed E-state index contributed by atoms with van der Waals surface area (Å²) in [4.78, 5) is 0. The third-order valence-electron chi connectivity index (χ3n) is 10.9. The van der Waals surface area contributed by atoms with Crippen LogP contribution in [0.15, 0.2) is 144 Å². The van der Waals surface area contributed by atoms with Gasteiger partial charge in [-0.2, -0.15) is 0 Å². The summed E-state index contributed by atoms with van der Waals surface area (Å²) in [6, 6.07) is 50.7. The summed E-state index contributed by atoms with van der Waals surface area (Å²) in [5.74, 6) is 0. The van der Waals surface area contributed by atoms with Gasteiger partial charge in [0.2, 0.25) is 0 Å². The van der Waals surface area contributed by atoms with Crippen molar-refractivity contribution in [3.05, 3.63) is 151 Å². The fourth-order valence-corrected chi connectivity index (χ4v) is 8.86. The molecule has 0 fully saturated rings. The molecule has 0 radical (unpaired) electrons. The molecule has 0 atom stereocenters. The van der Waals surface area contributed by atoms with Crippen LogP contribution in [0.2, 0.25) is 0 Å². The Bertz CT molecular complexity index is 2830. The Hall–Kier alpha value is -6.06. The molecular formula is C45H30N2O. The molecule has 7 aromatic carbocycles. The van der Waals surface area contributed by atoms with Crippen molar-refractivity contribution < 1.29 is 4.42 Å². The van der Waals surface area contributed by atoms with E-state index in [2.05, 4.69) is 139 Å². The summed E-state index contributed by atoms with van der Waals surface area (Å²) < 4.78 is 8.67. The van der Waals surface area contributed by atoms with E-state index in [1.54, 1.807) is 0 Å². The van der Waals surface area contributed by atoms with E-state index in [1.165, 1.54) is 72.0 Å². The van der Waals surface area contributed by atoms with E-state index in [9.17, 15) is 0 Å². The van der Waals surface area contributed by atoms with Crippen LogP contribution in [0.25, 0.3) is 82.8 Å². The van der Waals surface area contributed by atoms with Crippen molar-refractivity contribution in [1.82, 2.24) is 4.57 Å². The molecule has 3 nitrogen and oxygen atoms in total. The van der Waals surface area contributed by atoms with Crippen LogP contribution < -0.4 is 5.32 Å². The summed E-state index contributed by atoms with van der Waals surface area (Å²) in [6.45, 7) is 4.81. The maximum atomic E-state index is 6.14. The van der Waals surface area contributed by atoms with Crippen LogP contribution in [-0.4, -0.2) is 4.57 Å². The van der Waals surface area contributed by atoms with E-state index in [1.807, 2.05) is 24.3 Å². The predicted molar refractivity (Wildman–Crippen MR) is 200 cm³/mol. The molecule has 48 heavy (non-hydrogen) atoms. The molecule has 9 aromatic rings. The van der Waals surface area contributed by atoms with Gasteiger partial charge in [0, 0.05) is 38.4 Å². The minimum absolute atomic E-state index is 0.174. The van der Waals surface area contributed by atoms with Gasteiger partial charge in [-0.05, 0) is 75.8 Å². The van der Waals surface area contributed by atoms with Crippen molar-refractivity contribution in [2.45, 2.75) is 19.3 Å². The van der Waals surface area contributed by atoms with Crippen LogP contribution in [0.3, 0.4) is 0 Å².